The molecule has 1 fully saturated rings. The molecule has 1 aliphatic rings. The van der Waals surface area contributed by atoms with E-state index >= 15 is 0 Å². The Kier molecular flexibility index (Phi) is 5.40. The summed E-state index contributed by atoms with van der Waals surface area (Å²) in [7, 11) is 0. The third-order valence-corrected chi connectivity index (χ3v) is 2.96. The number of hydrogen-bond acceptors (Lipinski definition) is 2. The fraction of sp³-hybridized carbons (Fsp3) is 1.00. The molecule has 0 aliphatic carbocycles. The maximum absolute atomic E-state index is 5.85. The molecule has 0 bridgehead atoms. The predicted octanol–water partition coefficient (Wildman–Crippen LogP) is 1.99. The van der Waals surface area contributed by atoms with E-state index in [1.165, 1.54) is 58.2 Å². The van der Waals surface area contributed by atoms with E-state index < -0.39 is 0 Å². The minimum absolute atomic E-state index is 0.479. The van der Waals surface area contributed by atoms with Gasteiger partial charge in [0.15, 0.2) is 0 Å². The highest BCUT2D eigenvalue weighted by atomic mass is 15.1. The standard InChI is InChI=1S/C11H24N2/c1-2-3-4-5-8-13-9-6-11(12)7-10-13/h11H,2-10,12H2,1H3. The van der Waals surface area contributed by atoms with Crippen LogP contribution in [0.1, 0.15) is 45.4 Å². The van der Waals surface area contributed by atoms with Crippen LogP contribution in [-0.4, -0.2) is 30.6 Å². The molecule has 13 heavy (non-hydrogen) atoms. The van der Waals surface area contributed by atoms with Crippen LogP contribution in [0.4, 0.5) is 0 Å². The summed E-state index contributed by atoms with van der Waals surface area (Å²) in [6.07, 6.45) is 7.92. The lowest BCUT2D eigenvalue weighted by atomic mass is 10.1. The quantitative estimate of drug-likeness (QED) is 0.662. The highest BCUT2D eigenvalue weighted by Crippen LogP contribution is 2.09. The topological polar surface area (TPSA) is 29.3 Å². The third kappa shape index (κ3) is 4.63. The van der Waals surface area contributed by atoms with Gasteiger partial charge in [-0.3, -0.25) is 0 Å². The van der Waals surface area contributed by atoms with Gasteiger partial charge >= 0.3 is 0 Å². The molecule has 0 amide bonds. The number of unbranched alkanes of at least 4 members (excludes halogenated alkanes) is 3. The van der Waals surface area contributed by atoms with Crippen LogP contribution in [0.5, 0.6) is 0 Å². The van der Waals surface area contributed by atoms with Gasteiger partial charge in [-0.25, -0.2) is 0 Å². The first-order valence-electron chi connectivity index (χ1n) is 5.81. The lowest BCUT2D eigenvalue weighted by molar-refractivity contribution is 0.209. The summed E-state index contributed by atoms with van der Waals surface area (Å²) in [5, 5.41) is 0. The van der Waals surface area contributed by atoms with Gasteiger partial charge in [-0.2, -0.15) is 0 Å². The second kappa shape index (κ2) is 6.39. The van der Waals surface area contributed by atoms with E-state index in [0.717, 1.165) is 0 Å². The van der Waals surface area contributed by atoms with Gasteiger partial charge in [-0.05, 0) is 38.9 Å². The molecule has 0 unspecified atom stereocenters. The van der Waals surface area contributed by atoms with Crippen LogP contribution >= 0.6 is 0 Å². The van der Waals surface area contributed by atoms with Crippen molar-refractivity contribution in [1.82, 2.24) is 4.90 Å². The SMILES string of the molecule is CCCCCCN1CCC(N)CC1. The fourth-order valence-corrected chi connectivity index (χ4v) is 1.94. The molecule has 0 saturated carbocycles. The van der Waals surface area contributed by atoms with Gasteiger partial charge in [0.2, 0.25) is 0 Å². The van der Waals surface area contributed by atoms with Gasteiger partial charge < -0.3 is 10.6 Å². The van der Waals surface area contributed by atoms with Crippen molar-refractivity contribution in [3.8, 4) is 0 Å². The number of rotatable bonds is 5. The Bertz CT molecular complexity index is 117. The lowest BCUT2D eigenvalue weighted by Gasteiger charge is -2.29. The van der Waals surface area contributed by atoms with Gasteiger partial charge in [-0.1, -0.05) is 26.2 Å². The molecule has 0 aromatic rings. The smallest absolute Gasteiger partial charge is 0.00631 e. The summed E-state index contributed by atoms with van der Waals surface area (Å²) in [6, 6.07) is 0.479. The Balaban J connectivity index is 1.96. The summed E-state index contributed by atoms with van der Waals surface area (Å²) in [6.45, 7) is 6.02. The van der Waals surface area contributed by atoms with Crippen molar-refractivity contribution >= 4 is 0 Å². The number of hydrogen-bond donors (Lipinski definition) is 1. The van der Waals surface area contributed by atoms with E-state index in [4.69, 9.17) is 5.73 Å². The first-order valence-corrected chi connectivity index (χ1v) is 5.81. The monoisotopic (exact) mass is 184 g/mol. The molecule has 2 heteroatoms. The van der Waals surface area contributed by atoms with Crippen molar-refractivity contribution in [3.05, 3.63) is 0 Å². The second-order valence-corrected chi connectivity index (χ2v) is 4.24. The lowest BCUT2D eigenvalue weighted by Crippen LogP contribution is -2.39. The van der Waals surface area contributed by atoms with Crippen LogP contribution < -0.4 is 5.73 Å². The second-order valence-electron chi connectivity index (χ2n) is 4.24. The van der Waals surface area contributed by atoms with Crippen LogP contribution in [0.2, 0.25) is 0 Å². The number of nitrogens with two attached hydrogens (primary N) is 1. The van der Waals surface area contributed by atoms with E-state index in [9.17, 15) is 0 Å². The molecular weight excluding hydrogens is 160 g/mol. The van der Waals surface area contributed by atoms with Crippen molar-refractivity contribution in [2.75, 3.05) is 19.6 Å². The average molecular weight is 184 g/mol. The van der Waals surface area contributed by atoms with E-state index in [-0.39, 0.29) is 0 Å². The van der Waals surface area contributed by atoms with Crippen molar-refractivity contribution in [3.63, 3.8) is 0 Å². The zero-order valence-electron chi connectivity index (χ0n) is 8.97. The third-order valence-electron chi connectivity index (χ3n) is 2.96. The molecule has 0 spiro atoms. The van der Waals surface area contributed by atoms with Crippen molar-refractivity contribution < 1.29 is 0 Å². The molecule has 0 aromatic heterocycles. The minimum atomic E-state index is 0.479. The maximum Gasteiger partial charge on any atom is 0.00631 e. The van der Waals surface area contributed by atoms with Crippen LogP contribution in [0, 0.1) is 0 Å². The molecular formula is C11H24N2. The predicted molar refractivity (Wildman–Crippen MR) is 57.8 cm³/mol. The number of piperidine rings is 1. The van der Waals surface area contributed by atoms with E-state index in [0.29, 0.717) is 6.04 Å². The Hall–Kier alpha value is -0.0800. The molecule has 2 N–H and O–H groups in total. The van der Waals surface area contributed by atoms with Crippen LogP contribution in [-0.2, 0) is 0 Å². The van der Waals surface area contributed by atoms with Crippen molar-refractivity contribution in [2.24, 2.45) is 5.73 Å². The number of likely N-dealkylation sites (tertiary alicyclic amines) is 1. The van der Waals surface area contributed by atoms with E-state index in [1.54, 1.807) is 0 Å². The Morgan fingerprint density at radius 1 is 1.15 bits per heavy atom. The first-order chi connectivity index (χ1) is 6.33. The van der Waals surface area contributed by atoms with Gasteiger partial charge in [0.25, 0.3) is 0 Å². The molecule has 0 aromatic carbocycles. The molecule has 1 heterocycles. The summed E-state index contributed by atoms with van der Waals surface area (Å²) in [4.78, 5) is 2.57. The molecule has 0 radical (unpaired) electrons. The van der Waals surface area contributed by atoms with Crippen LogP contribution in [0.15, 0.2) is 0 Å². The first kappa shape index (κ1) is 11.0. The van der Waals surface area contributed by atoms with Gasteiger partial charge in [0, 0.05) is 6.04 Å². The maximum atomic E-state index is 5.85. The van der Waals surface area contributed by atoms with Crippen molar-refractivity contribution in [2.45, 2.75) is 51.5 Å². The summed E-state index contributed by atoms with van der Waals surface area (Å²) < 4.78 is 0. The molecule has 1 saturated heterocycles. The highest BCUT2D eigenvalue weighted by Gasteiger charge is 2.14. The zero-order valence-corrected chi connectivity index (χ0v) is 8.97. The largest absolute Gasteiger partial charge is 0.328 e. The molecule has 1 rings (SSSR count). The van der Waals surface area contributed by atoms with Gasteiger partial charge in [0.05, 0.1) is 0 Å². The Morgan fingerprint density at radius 2 is 1.85 bits per heavy atom. The van der Waals surface area contributed by atoms with E-state index in [1.807, 2.05) is 0 Å². The molecule has 0 atom stereocenters. The van der Waals surface area contributed by atoms with Gasteiger partial charge in [-0.15, -0.1) is 0 Å². The normalized spacial score (nSPS) is 20.8. The Labute approximate surface area is 82.5 Å². The summed E-state index contributed by atoms with van der Waals surface area (Å²) >= 11 is 0. The van der Waals surface area contributed by atoms with Gasteiger partial charge in [0.1, 0.15) is 0 Å². The van der Waals surface area contributed by atoms with Crippen LogP contribution in [0.3, 0.4) is 0 Å². The highest BCUT2D eigenvalue weighted by molar-refractivity contribution is 4.73. The molecule has 78 valence electrons. The Morgan fingerprint density at radius 3 is 2.46 bits per heavy atom. The molecule has 1 aliphatic heterocycles. The summed E-state index contributed by atoms with van der Waals surface area (Å²) in [5.41, 5.74) is 5.85. The minimum Gasteiger partial charge on any atom is -0.328 e. The van der Waals surface area contributed by atoms with Crippen LogP contribution in [0.25, 0.3) is 0 Å². The van der Waals surface area contributed by atoms with Crippen molar-refractivity contribution in [1.29, 1.82) is 0 Å². The zero-order chi connectivity index (χ0) is 9.52. The number of nitrogens with zero attached hydrogens (tertiary/aromatic N) is 1. The fourth-order valence-electron chi connectivity index (χ4n) is 1.94. The van der Waals surface area contributed by atoms with E-state index in [2.05, 4.69) is 11.8 Å². The average Bonchev–Trinajstić information content (AvgIpc) is 2.15. The summed E-state index contributed by atoms with van der Waals surface area (Å²) in [5.74, 6) is 0. The molecule has 2 nitrogen and oxygen atoms in total.